The van der Waals surface area contributed by atoms with E-state index in [1.807, 2.05) is 0 Å². The molecule has 1 amide bonds. The smallest absolute Gasteiger partial charge is 0.257 e. The van der Waals surface area contributed by atoms with Gasteiger partial charge in [0.15, 0.2) is 6.10 Å². The monoisotopic (exact) mass is 479 g/mol. The molecule has 1 atom stereocenters. The SMILES string of the molecule is O=C(Nc1cccc(OC(CCCl)C(=O)c2ccc(F)cc2)c1)c1ccc(Cl)cc1Cl. The van der Waals surface area contributed by atoms with E-state index < -0.39 is 17.8 Å². The number of anilines is 1. The number of rotatable bonds is 8. The van der Waals surface area contributed by atoms with Crippen LogP contribution in [-0.2, 0) is 0 Å². The van der Waals surface area contributed by atoms with Crippen LogP contribution in [0.4, 0.5) is 10.1 Å². The number of halogens is 4. The van der Waals surface area contributed by atoms with Crippen LogP contribution in [0.15, 0.2) is 66.7 Å². The maximum absolute atomic E-state index is 13.1. The minimum absolute atomic E-state index is 0.198. The van der Waals surface area contributed by atoms with E-state index >= 15 is 0 Å². The Morgan fingerprint density at radius 3 is 2.42 bits per heavy atom. The molecule has 0 saturated heterocycles. The molecule has 160 valence electrons. The zero-order chi connectivity index (χ0) is 22.4. The number of carbonyl (C=O) groups excluding carboxylic acids is 2. The Labute approximate surface area is 193 Å². The molecule has 0 fully saturated rings. The topological polar surface area (TPSA) is 55.4 Å². The highest BCUT2D eigenvalue weighted by atomic mass is 35.5. The highest BCUT2D eigenvalue weighted by Crippen LogP contribution is 2.24. The first kappa shape index (κ1) is 23.1. The van der Waals surface area contributed by atoms with Crippen molar-refractivity contribution in [3.05, 3.63) is 93.7 Å². The number of amides is 1. The number of alkyl halides is 1. The Hall–Kier alpha value is -2.60. The number of carbonyl (C=O) groups is 2. The summed E-state index contributed by atoms with van der Waals surface area (Å²) in [5.74, 6) is -0.606. The third-order valence-electron chi connectivity index (χ3n) is 4.34. The lowest BCUT2D eigenvalue weighted by atomic mass is 10.0. The van der Waals surface area contributed by atoms with Gasteiger partial charge >= 0.3 is 0 Å². The molecule has 3 aromatic carbocycles. The summed E-state index contributed by atoms with van der Waals surface area (Å²) in [7, 11) is 0. The van der Waals surface area contributed by atoms with Crippen LogP contribution in [0.2, 0.25) is 10.0 Å². The van der Waals surface area contributed by atoms with Gasteiger partial charge in [-0.25, -0.2) is 4.39 Å². The van der Waals surface area contributed by atoms with Crippen LogP contribution < -0.4 is 10.1 Å². The van der Waals surface area contributed by atoms with Gasteiger partial charge in [-0.05, 0) is 54.6 Å². The third kappa shape index (κ3) is 6.20. The number of nitrogens with one attached hydrogen (secondary N) is 1. The number of ketones is 1. The van der Waals surface area contributed by atoms with E-state index in [1.165, 1.54) is 36.4 Å². The van der Waals surface area contributed by atoms with E-state index in [4.69, 9.17) is 39.5 Å². The number of benzene rings is 3. The average Bonchev–Trinajstić information content (AvgIpc) is 2.73. The molecule has 1 unspecified atom stereocenters. The van der Waals surface area contributed by atoms with Crippen LogP contribution in [-0.4, -0.2) is 23.7 Å². The van der Waals surface area contributed by atoms with Crippen molar-refractivity contribution in [1.29, 1.82) is 0 Å². The molecule has 0 bridgehead atoms. The van der Waals surface area contributed by atoms with Gasteiger partial charge in [0.1, 0.15) is 11.6 Å². The summed E-state index contributed by atoms with van der Waals surface area (Å²) in [6.45, 7) is 0. The van der Waals surface area contributed by atoms with Crippen LogP contribution in [0, 0.1) is 5.82 Å². The first-order valence-corrected chi connectivity index (χ1v) is 10.6. The van der Waals surface area contributed by atoms with Crippen LogP contribution >= 0.6 is 34.8 Å². The minimum Gasteiger partial charge on any atom is -0.482 e. The van der Waals surface area contributed by atoms with E-state index in [2.05, 4.69) is 5.32 Å². The van der Waals surface area contributed by atoms with Crippen molar-refractivity contribution in [2.75, 3.05) is 11.2 Å². The summed E-state index contributed by atoms with van der Waals surface area (Å²) in [6.07, 6.45) is -0.603. The fraction of sp³-hybridized carbons (Fsp3) is 0.130. The second-order valence-electron chi connectivity index (χ2n) is 6.56. The molecule has 31 heavy (non-hydrogen) atoms. The zero-order valence-corrected chi connectivity index (χ0v) is 18.3. The Morgan fingerprint density at radius 2 is 1.74 bits per heavy atom. The van der Waals surface area contributed by atoms with Crippen molar-refractivity contribution in [2.24, 2.45) is 0 Å². The van der Waals surface area contributed by atoms with Crippen LogP contribution in [0.1, 0.15) is 27.1 Å². The normalized spacial score (nSPS) is 11.6. The molecule has 0 spiro atoms. The van der Waals surface area contributed by atoms with Crippen LogP contribution in [0.25, 0.3) is 0 Å². The molecule has 0 aliphatic carbocycles. The summed E-state index contributed by atoms with van der Waals surface area (Å²) in [5.41, 5.74) is 1.04. The van der Waals surface area contributed by atoms with E-state index in [9.17, 15) is 14.0 Å². The van der Waals surface area contributed by atoms with Crippen molar-refractivity contribution in [2.45, 2.75) is 12.5 Å². The summed E-state index contributed by atoms with van der Waals surface area (Å²) in [5, 5.41) is 3.38. The highest BCUT2D eigenvalue weighted by Gasteiger charge is 2.22. The average molecular weight is 481 g/mol. The molecule has 0 aliphatic heterocycles. The van der Waals surface area contributed by atoms with E-state index in [1.54, 1.807) is 30.3 Å². The molecule has 0 aliphatic rings. The molecule has 0 radical (unpaired) electrons. The summed E-state index contributed by atoms with van der Waals surface area (Å²) < 4.78 is 19.0. The van der Waals surface area contributed by atoms with E-state index in [-0.39, 0.29) is 28.7 Å². The van der Waals surface area contributed by atoms with Gasteiger partial charge in [0.25, 0.3) is 5.91 Å². The van der Waals surface area contributed by atoms with Gasteiger partial charge < -0.3 is 10.1 Å². The molecule has 8 heteroatoms. The maximum Gasteiger partial charge on any atom is 0.257 e. The van der Waals surface area contributed by atoms with Crippen LogP contribution in [0.3, 0.4) is 0 Å². The van der Waals surface area contributed by atoms with Crippen molar-refractivity contribution in [1.82, 2.24) is 0 Å². The van der Waals surface area contributed by atoms with Crippen molar-refractivity contribution < 1.29 is 18.7 Å². The largest absolute Gasteiger partial charge is 0.482 e. The lowest BCUT2D eigenvalue weighted by molar-refractivity contribution is 0.0787. The van der Waals surface area contributed by atoms with Gasteiger partial charge in [0, 0.05) is 34.6 Å². The molecule has 0 heterocycles. The number of Topliss-reactive ketones (excluding diaryl/α,β-unsaturated/α-hetero) is 1. The molecule has 3 aromatic rings. The molecule has 0 aromatic heterocycles. The van der Waals surface area contributed by atoms with Crippen molar-refractivity contribution in [3.63, 3.8) is 0 Å². The predicted octanol–water partition coefficient (Wildman–Crippen LogP) is 6.64. The number of ether oxygens (including phenoxy) is 1. The fourth-order valence-electron chi connectivity index (χ4n) is 2.83. The second kappa shape index (κ2) is 10.6. The Bertz CT molecular complexity index is 1090. The van der Waals surface area contributed by atoms with Gasteiger partial charge in [-0.15, -0.1) is 11.6 Å². The second-order valence-corrected chi connectivity index (χ2v) is 7.78. The Kier molecular flexibility index (Phi) is 7.91. The lowest BCUT2D eigenvalue weighted by Crippen LogP contribution is -2.28. The van der Waals surface area contributed by atoms with Gasteiger partial charge in [-0.2, -0.15) is 0 Å². The Balaban J connectivity index is 1.75. The molecule has 3 rings (SSSR count). The zero-order valence-electron chi connectivity index (χ0n) is 16.1. The summed E-state index contributed by atoms with van der Waals surface area (Å²) in [4.78, 5) is 25.3. The van der Waals surface area contributed by atoms with Gasteiger partial charge in [-0.1, -0.05) is 29.3 Å². The standard InChI is InChI=1S/C23H17Cl3FNO3/c24-11-10-21(22(29)14-4-7-16(27)8-5-14)31-18-3-1-2-17(13-18)28-23(30)19-9-6-15(25)12-20(19)26/h1-9,12-13,21H,10-11H2,(H,28,30). The first-order chi connectivity index (χ1) is 14.9. The van der Waals surface area contributed by atoms with Crippen LogP contribution in [0.5, 0.6) is 5.75 Å². The number of hydrogen-bond acceptors (Lipinski definition) is 3. The van der Waals surface area contributed by atoms with E-state index in [0.29, 0.717) is 22.0 Å². The summed E-state index contributed by atoms with van der Waals surface area (Å²) in [6, 6.07) is 16.4. The van der Waals surface area contributed by atoms with Gasteiger partial charge in [0.05, 0.1) is 10.6 Å². The van der Waals surface area contributed by atoms with Crippen molar-refractivity contribution in [3.8, 4) is 5.75 Å². The third-order valence-corrected chi connectivity index (χ3v) is 5.10. The Morgan fingerprint density at radius 1 is 1.00 bits per heavy atom. The first-order valence-electron chi connectivity index (χ1n) is 9.26. The fourth-order valence-corrected chi connectivity index (χ4v) is 3.52. The van der Waals surface area contributed by atoms with Crippen molar-refractivity contribution >= 4 is 52.2 Å². The highest BCUT2D eigenvalue weighted by molar-refractivity contribution is 6.37. The maximum atomic E-state index is 13.1. The van der Waals surface area contributed by atoms with Gasteiger partial charge in [-0.3, -0.25) is 9.59 Å². The molecule has 1 N–H and O–H groups in total. The predicted molar refractivity (Wildman–Crippen MR) is 121 cm³/mol. The molecule has 0 saturated carbocycles. The molecular formula is C23H17Cl3FNO3. The molecule has 4 nitrogen and oxygen atoms in total. The summed E-state index contributed by atoms with van der Waals surface area (Å²) >= 11 is 17.8. The lowest BCUT2D eigenvalue weighted by Gasteiger charge is -2.18. The molecular weight excluding hydrogens is 464 g/mol. The number of hydrogen-bond donors (Lipinski definition) is 1. The van der Waals surface area contributed by atoms with Gasteiger partial charge in [0.2, 0.25) is 5.78 Å². The minimum atomic E-state index is -0.861. The van der Waals surface area contributed by atoms with E-state index in [0.717, 1.165) is 0 Å². The quantitative estimate of drug-likeness (QED) is 0.290.